The van der Waals surface area contributed by atoms with E-state index in [-0.39, 0.29) is 5.25 Å². The average molecular weight is 269 g/mol. The van der Waals surface area contributed by atoms with Crippen LogP contribution in [0.4, 0.5) is 0 Å². The molecule has 2 aliphatic heterocycles. The summed E-state index contributed by atoms with van der Waals surface area (Å²) < 4.78 is 25.6. The summed E-state index contributed by atoms with van der Waals surface area (Å²) in [5.74, 6) is 2.53. The highest BCUT2D eigenvalue weighted by Crippen LogP contribution is 2.27. The molecule has 2 atom stereocenters. The van der Waals surface area contributed by atoms with E-state index < -0.39 is 9.84 Å². The summed E-state index contributed by atoms with van der Waals surface area (Å²) in [5.41, 5.74) is 0. The van der Waals surface area contributed by atoms with Crippen molar-refractivity contribution in [3.05, 3.63) is 11.6 Å². The number of rotatable bonds is 2. The normalized spacial score (nSPS) is 30.3. The second kappa shape index (κ2) is 4.33. The minimum absolute atomic E-state index is 0.253. The molecule has 0 saturated carbocycles. The van der Waals surface area contributed by atoms with Crippen molar-refractivity contribution in [1.29, 1.82) is 0 Å². The van der Waals surface area contributed by atoms with Crippen molar-refractivity contribution in [3.63, 3.8) is 0 Å². The zero-order valence-corrected chi connectivity index (χ0v) is 11.5. The van der Waals surface area contributed by atoms with E-state index in [0.29, 0.717) is 23.9 Å². The van der Waals surface area contributed by atoms with Gasteiger partial charge in [0, 0.05) is 18.9 Å². The van der Waals surface area contributed by atoms with Gasteiger partial charge in [-0.1, -0.05) is 6.92 Å². The lowest BCUT2D eigenvalue weighted by Gasteiger charge is -2.17. The number of aromatic nitrogens is 3. The zero-order chi connectivity index (χ0) is 12.8. The number of hydrogen-bond donors (Lipinski definition) is 0. The largest absolute Gasteiger partial charge is 0.250 e. The van der Waals surface area contributed by atoms with Crippen LogP contribution in [0.25, 0.3) is 0 Å². The molecule has 3 rings (SSSR count). The van der Waals surface area contributed by atoms with Crippen LogP contribution in [0.2, 0.25) is 0 Å². The second-order valence-corrected chi connectivity index (χ2v) is 7.89. The monoisotopic (exact) mass is 269 g/mol. The third-order valence-corrected chi connectivity index (χ3v) is 6.34. The quantitative estimate of drug-likeness (QED) is 0.811. The molecule has 1 aromatic heterocycles. The molecule has 5 nitrogen and oxygen atoms in total. The SMILES string of the molecule is CC1CCCn2nc(CC3CCCS3(=O)=O)nc21. The number of hydrogen-bond acceptors (Lipinski definition) is 4. The zero-order valence-electron chi connectivity index (χ0n) is 10.7. The summed E-state index contributed by atoms with van der Waals surface area (Å²) in [6.07, 6.45) is 4.34. The average Bonchev–Trinajstić information content (AvgIpc) is 2.84. The van der Waals surface area contributed by atoms with Gasteiger partial charge in [-0.2, -0.15) is 5.10 Å². The molecule has 1 saturated heterocycles. The van der Waals surface area contributed by atoms with Crippen LogP contribution in [0.5, 0.6) is 0 Å². The Morgan fingerprint density at radius 3 is 2.83 bits per heavy atom. The molecular weight excluding hydrogens is 250 g/mol. The van der Waals surface area contributed by atoms with Crippen molar-refractivity contribution in [2.24, 2.45) is 0 Å². The molecule has 2 unspecified atom stereocenters. The van der Waals surface area contributed by atoms with Gasteiger partial charge in [-0.3, -0.25) is 0 Å². The third-order valence-electron chi connectivity index (χ3n) is 4.07. The third kappa shape index (κ3) is 2.06. The van der Waals surface area contributed by atoms with Gasteiger partial charge >= 0.3 is 0 Å². The molecule has 0 spiro atoms. The first-order valence-electron chi connectivity index (χ1n) is 6.71. The van der Waals surface area contributed by atoms with E-state index in [1.165, 1.54) is 0 Å². The van der Waals surface area contributed by atoms with Gasteiger partial charge in [0.15, 0.2) is 15.7 Å². The molecule has 2 aliphatic rings. The lowest BCUT2D eigenvalue weighted by molar-refractivity contribution is 0.431. The molecule has 100 valence electrons. The molecule has 0 radical (unpaired) electrons. The minimum atomic E-state index is -2.89. The highest BCUT2D eigenvalue weighted by Gasteiger charge is 2.33. The Kier molecular flexibility index (Phi) is 2.92. The predicted molar refractivity (Wildman–Crippen MR) is 68.2 cm³/mol. The maximum Gasteiger partial charge on any atom is 0.153 e. The van der Waals surface area contributed by atoms with Crippen molar-refractivity contribution in [1.82, 2.24) is 14.8 Å². The summed E-state index contributed by atoms with van der Waals surface area (Å²) >= 11 is 0. The number of fused-ring (bicyclic) bond motifs is 1. The van der Waals surface area contributed by atoms with Gasteiger partial charge in [-0.25, -0.2) is 18.1 Å². The van der Waals surface area contributed by atoms with Crippen LogP contribution < -0.4 is 0 Å². The molecule has 0 aliphatic carbocycles. The highest BCUT2D eigenvalue weighted by molar-refractivity contribution is 7.92. The Labute approximate surface area is 108 Å². The molecule has 18 heavy (non-hydrogen) atoms. The maximum absolute atomic E-state index is 11.8. The standard InChI is InChI=1S/C12H19N3O2S/c1-9-4-2-6-15-12(9)13-11(14-15)8-10-5-3-7-18(10,16)17/h9-10H,2-8H2,1H3. The van der Waals surface area contributed by atoms with Crippen LogP contribution >= 0.6 is 0 Å². The Morgan fingerprint density at radius 2 is 2.17 bits per heavy atom. The van der Waals surface area contributed by atoms with E-state index in [1.807, 2.05) is 4.68 Å². The second-order valence-electron chi connectivity index (χ2n) is 5.49. The Balaban J connectivity index is 1.82. The summed E-state index contributed by atoms with van der Waals surface area (Å²) in [6.45, 7) is 3.08. The molecule has 0 N–H and O–H groups in total. The molecule has 3 heterocycles. The molecule has 6 heteroatoms. The van der Waals surface area contributed by atoms with Crippen LogP contribution in [0.1, 0.15) is 50.2 Å². The number of aryl methyl sites for hydroxylation is 1. The van der Waals surface area contributed by atoms with E-state index in [0.717, 1.165) is 38.1 Å². The fraction of sp³-hybridized carbons (Fsp3) is 0.833. The molecule has 1 fully saturated rings. The van der Waals surface area contributed by atoms with E-state index >= 15 is 0 Å². The summed E-state index contributed by atoms with van der Waals surface area (Å²) in [6, 6.07) is 0. The topological polar surface area (TPSA) is 64.8 Å². The van der Waals surface area contributed by atoms with Crippen LogP contribution in [-0.2, 0) is 22.8 Å². The fourth-order valence-corrected chi connectivity index (χ4v) is 4.82. The van der Waals surface area contributed by atoms with E-state index in [2.05, 4.69) is 17.0 Å². The highest BCUT2D eigenvalue weighted by atomic mass is 32.2. The number of sulfone groups is 1. The molecular formula is C12H19N3O2S. The van der Waals surface area contributed by atoms with Gasteiger partial charge in [-0.05, 0) is 25.7 Å². The predicted octanol–water partition coefficient (Wildman–Crippen LogP) is 1.30. The molecule has 0 aromatic carbocycles. The lowest BCUT2D eigenvalue weighted by atomic mass is 10.0. The van der Waals surface area contributed by atoms with Crippen molar-refractivity contribution in [2.45, 2.75) is 56.7 Å². The van der Waals surface area contributed by atoms with Gasteiger partial charge in [0.25, 0.3) is 0 Å². The van der Waals surface area contributed by atoms with E-state index in [9.17, 15) is 8.42 Å². The van der Waals surface area contributed by atoms with Gasteiger partial charge in [0.1, 0.15) is 5.82 Å². The Morgan fingerprint density at radius 1 is 1.33 bits per heavy atom. The van der Waals surface area contributed by atoms with Crippen molar-refractivity contribution < 1.29 is 8.42 Å². The smallest absolute Gasteiger partial charge is 0.153 e. The van der Waals surface area contributed by atoms with Gasteiger partial charge in [0.2, 0.25) is 0 Å². The summed E-state index contributed by atoms with van der Waals surface area (Å²) in [4.78, 5) is 4.55. The van der Waals surface area contributed by atoms with Crippen LogP contribution in [-0.4, -0.2) is 34.2 Å². The van der Waals surface area contributed by atoms with Crippen molar-refractivity contribution in [2.75, 3.05) is 5.75 Å². The van der Waals surface area contributed by atoms with Gasteiger partial charge in [-0.15, -0.1) is 0 Å². The molecule has 0 bridgehead atoms. The first-order chi connectivity index (χ1) is 8.56. The fourth-order valence-electron chi connectivity index (χ4n) is 2.99. The first-order valence-corrected chi connectivity index (χ1v) is 8.43. The summed E-state index contributed by atoms with van der Waals surface area (Å²) in [5, 5.41) is 4.22. The maximum atomic E-state index is 11.8. The first kappa shape index (κ1) is 12.1. The van der Waals surface area contributed by atoms with Crippen LogP contribution in [0, 0.1) is 0 Å². The minimum Gasteiger partial charge on any atom is -0.250 e. The number of nitrogens with zero attached hydrogens (tertiary/aromatic N) is 3. The van der Waals surface area contributed by atoms with E-state index in [4.69, 9.17) is 0 Å². The van der Waals surface area contributed by atoms with E-state index in [1.54, 1.807) is 0 Å². The van der Waals surface area contributed by atoms with Crippen LogP contribution in [0.15, 0.2) is 0 Å². The molecule has 0 amide bonds. The Hall–Kier alpha value is -0.910. The Bertz CT molecular complexity index is 550. The van der Waals surface area contributed by atoms with Gasteiger partial charge < -0.3 is 0 Å². The lowest BCUT2D eigenvalue weighted by Crippen LogP contribution is -2.19. The summed E-state index contributed by atoms with van der Waals surface area (Å²) in [7, 11) is -2.89. The van der Waals surface area contributed by atoms with Gasteiger partial charge in [0.05, 0.1) is 11.0 Å². The van der Waals surface area contributed by atoms with Crippen molar-refractivity contribution >= 4 is 9.84 Å². The molecule has 1 aromatic rings. The van der Waals surface area contributed by atoms with Crippen molar-refractivity contribution in [3.8, 4) is 0 Å². The van der Waals surface area contributed by atoms with Crippen LogP contribution in [0.3, 0.4) is 0 Å².